The van der Waals surface area contributed by atoms with Crippen LogP contribution in [0.4, 0.5) is 5.82 Å². The molecule has 1 aliphatic rings. The number of carbonyl (C=O) groups is 1. The number of rotatable bonds is 5. The number of nitrogens with zero attached hydrogens (tertiary/aromatic N) is 5. The normalized spacial score (nSPS) is 17.1. The zero-order valence-electron chi connectivity index (χ0n) is 15.4. The Bertz CT molecular complexity index is 769. The molecule has 0 aliphatic carbocycles. The van der Waals surface area contributed by atoms with Crippen LogP contribution in [-0.2, 0) is 18.3 Å². The second-order valence-electron chi connectivity index (χ2n) is 6.60. The molecule has 3 heterocycles. The molecule has 25 heavy (non-hydrogen) atoms. The van der Waals surface area contributed by atoms with Crippen LogP contribution in [0.3, 0.4) is 0 Å². The fourth-order valence-corrected chi connectivity index (χ4v) is 3.44. The summed E-state index contributed by atoms with van der Waals surface area (Å²) in [7, 11) is 3.77. The highest BCUT2D eigenvalue weighted by Gasteiger charge is 2.31. The summed E-state index contributed by atoms with van der Waals surface area (Å²) in [6, 6.07) is 2.01. The summed E-state index contributed by atoms with van der Waals surface area (Å²) in [6.07, 6.45) is 5.06. The molecule has 0 spiro atoms. The van der Waals surface area contributed by atoms with Crippen LogP contribution in [-0.4, -0.2) is 44.1 Å². The average molecular weight is 342 g/mol. The SMILES string of the molecule is CNc1cc([C@@H]2CCCN2C(=O)CCc2cnn(C)c2C)nc(C)n1. The summed E-state index contributed by atoms with van der Waals surface area (Å²) < 4.78 is 1.85. The highest BCUT2D eigenvalue weighted by Crippen LogP contribution is 2.32. The summed E-state index contributed by atoms with van der Waals surface area (Å²) in [5, 5.41) is 7.32. The van der Waals surface area contributed by atoms with Crippen LogP contribution in [0.5, 0.6) is 0 Å². The quantitative estimate of drug-likeness (QED) is 0.901. The highest BCUT2D eigenvalue weighted by molar-refractivity contribution is 5.77. The van der Waals surface area contributed by atoms with Crippen LogP contribution in [0.1, 0.15) is 48.1 Å². The van der Waals surface area contributed by atoms with Crippen LogP contribution >= 0.6 is 0 Å². The monoisotopic (exact) mass is 342 g/mol. The number of likely N-dealkylation sites (tertiary alicyclic amines) is 1. The van der Waals surface area contributed by atoms with Crippen molar-refractivity contribution in [3.8, 4) is 0 Å². The van der Waals surface area contributed by atoms with E-state index in [4.69, 9.17) is 0 Å². The number of carbonyl (C=O) groups excluding carboxylic acids is 1. The second-order valence-corrected chi connectivity index (χ2v) is 6.60. The number of anilines is 1. The fourth-order valence-electron chi connectivity index (χ4n) is 3.44. The molecule has 0 radical (unpaired) electrons. The van der Waals surface area contributed by atoms with Gasteiger partial charge < -0.3 is 10.2 Å². The van der Waals surface area contributed by atoms with E-state index < -0.39 is 0 Å². The van der Waals surface area contributed by atoms with Gasteiger partial charge in [-0.15, -0.1) is 0 Å². The van der Waals surface area contributed by atoms with Crippen molar-refractivity contribution in [2.45, 2.75) is 45.6 Å². The smallest absolute Gasteiger partial charge is 0.223 e. The van der Waals surface area contributed by atoms with Gasteiger partial charge in [0.1, 0.15) is 11.6 Å². The van der Waals surface area contributed by atoms with Crippen molar-refractivity contribution in [3.63, 3.8) is 0 Å². The number of amides is 1. The summed E-state index contributed by atoms with van der Waals surface area (Å²) in [5.74, 6) is 1.72. The molecule has 3 rings (SSSR count). The molecule has 1 atom stereocenters. The molecule has 0 unspecified atom stereocenters. The van der Waals surface area contributed by atoms with E-state index in [-0.39, 0.29) is 11.9 Å². The molecule has 0 saturated carbocycles. The van der Waals surface area contributed by atoms with Crippen molar-refractivity contribution >= 4 is 11.7 Å². The third-order valence-corrected chi connectivity index (χ3v) is 4.97. The van der Waals surface area contributed by atoms with Crippen molar-refractivity contribution in [1.29, 1.82) is 0 Å². The molecular weight excluding hydrogens is 316 g/mol. The van der Waals surface area contributed by atoms with Crippen molar-refractivity contribution in [1.82, 2.24) is 24.6 Å². The standard InChI is InChI=1S/C18H26N6O/c1-12-14(11-20-23(12)4)7-8-18(25)24-9-5-6-16(24)15-10-17(19-3)22-13(2)21-15/h10-11,16H,5-9H2,1-4H3,(H,19,21,22)/t16-/m0/s1. The zero-order valence-corrected chi connectivity index (χ0v) is 15.4. The minimum absolute atomic E-state index is 0.0521. The molecule has 1 N–H and O–H groups in total. The third kappa shape index (κ3) is 3.65. The first kappa shape index (κ1) is 17.4. The van der Waals surface area contributed by atoms with Gasteiger partial charge in [0.25, 0.3) is 0 Å². The topological polar surface area (TPSA) is 75.9 Å². The number of hydrogen-bond donors (Lipinski definition) is 1. The van der Waals surface area contributed by atoms with Crippen molar-refractivity contribution in [2.75, 3.05) is 18.9 Å². The Balaban J connectivity index is 1.71. The van der Waals surface area contributed by atoms with Gasteiger partial charge in [-0.05, 0) is 38.7 Å². The molecule has 0 bridgehead atoms. The van der Waals surface area contributed by atoms with Gasteiger partial charge in [0.2, 0.25) is 5.91 Å². The second kappa shape index (κ2) is 7.21. The first-order valence-corrected chi connectivity index (χ1v) is 8.80. The van der Waals surface area contributed by atoms with E-state index in [0.29, 0.717) is 6.42 Å². The van der Waals surface area contributed by atoms with Gasteiger partial charge in [-0.2, -0.15) is 5.10 Å². The molecule has 2 aromatic rings. The summed E-state index contributed by atoms with van der Waals surface area (Å²) >= 11 is 0. The van der Waals surface area contributed by atoms with E-state index in [1.807, 2.05) is 49.8 Å². The van der Waals surface area contributed by atoms with Crippen LogP contribution in [0, 0.1) is 13.8 Å². The van der Waals surface area contributed by atoms with E-state index >= 15 is 0 Å². The third-order valence-electron chi connectivity index (χ3n) is 4.97. The highest BCUT2D eigenvalue weighted by atomic mass is 16.2. The molecule has 1 aliphatic heterocycles. The summed E-state index contributed by atoms with van der Waals surface area (Å²) in [6.45, 7) is 4.72. The van der Waals surface area contributed by atoms with Crippen LogP contribution in [0.25, 0.3) is 0 Å². The Morgan fingerprint density at radius 1 is 1.36 bits per heavy atom. The maximum Gasteiger partial charge on any atom is 0.223 e. The maximum absolute atomic E-state index is 12.8. The van der Waals surface area contributed by atoms with E-state index in [1.54, 1.807) is 0 Å². The number of hydrogen-bond acceptors (Lipinski definition) is 5. The van der Waals surface area contributed by atoms with E-state index in [9.17, 15) is 4.79 Å². The van der Waals surface area contributed by atoms with Gasteiger partial charge in [-0.1, -0.05) is 0 Å². The van der Waals surface area contributed by atoms with Crippen molar-refractivity contribution in [2.24, 2.45) is 7.05 Å². The van der Waals surface area contributed by atoms with Gasteiger partial charge in [0.15, 0.2) is 0 Å². The number of aryl methyl sites for hydroxylation is 3. The van der Waals surface area contributed by atoms with E-state index in [2.05, 4.69) is 20.4 Å². The lowest BCUT2D eigenvalue weighted by atomic mass is 10.1. The lowest BCUT2D eigenvalue weighted by molar-refractivity contribution is -0.132. The van der Waals surface area contributed by atoms with Gasteiger partial charge in [0.05, 0.1) is 17.9 Å². The molecular formula is C18H26N6O. The molecule has 0 aromatic carbocycles. The lowest BCUT2D eigenvalue weighted by Crippen LogP contribution is -2.31. The minimum Gasteiger partial charge on any atom is -0.373 e. The minimum atomic E-state index is 0.0521. The zero-order chi connectivity index (χ0) is 18.0. The van der Waals surface area contributed by atoms with Gasteiger partial charge in [0, 0.05) is 38.8 Å². The van der Waals surface area contributed by atoms with Crippen LogP contribution < -0.4 is 5.32 Å². The average Bonchev–Trinajstić information content (AvgIpc) is 3.20. The molecule has 7 nitrogen and oxygen atoms in total. The molecule has 2 aromatic heterocycles. The molecule has 1 saturated heterocycles. The van der Waals surface area contributed by atoms with E-state index in [1.165, 1.54) is 0 Å². The molecule has 7 heteroatoms. The Hall–Kier alpha value is -2.44. The first-order valence-electron chi connectivity index (χ1n) is 8.80. The van der Waals surface area contributed by atoms with Gasteiger partial charge in [-0.3, -0.25) is 9.48 Å². The van der Waals surface area contributed by atoms with Gasteiger partial charge in [-0.25, -0.2) is 9.97 Å². The number of nitrogens with one attached hydrogen (secondary N) is 1. The predicted octanol–water partition coefficient (Wildman–Crippen LogP) is 2.16. The fraction of sp³-hybridized carbons (Fsp3) is 0.556. The largest absolute Gasteiger partial charge is 0.373 e. The van der Waals surface area contributed by atoms with Crippen molar-refractivity contribution in [3.05, 3.63) is 35.0 Å². The first-order chi connectivity index (χ1) is 12.0. The van der Waals surface area contributed by atoms with E-state index in [0.717, 1.165) is 54.4 Å². The number of aromatic nitrogens is 4. The predicted molar refractivity (Wildman–Crippen MR) is 96.3 cm³/mol. The Morgan fingerprint density at radius 2 is 2.16 bits per heavy atom. The Kier molecular flexibility index (Phi) is 5.01. The van der Waals surface area contributed by atoms with Crippen molar-refractivity contribution < 1.29 is 4.79 Å². The van der Waals surface area contributed by atoms with Crippen LogP contribution in [0.2, 0.25) is 0 Å². The molecule has 1 amide bonds. The summed E-state index contributed by atoms with van der Waals surface area (Å²) in [4.78, 5) is 23.7. The lowest BCUT2D eigenvalue weighted by Gasteiger charge is -2.25. The summed E-state index contributed by atoms with van der Waals surface area (Å²) in [5.41, 5.74) is 3.19. The van der Waals surface area contributed by atoms with Gasteiger partial charge >= 0.3 is 0 Å². The maximum atomic E-state index is 12.8. The van der Waals surface area contributed by atoms with Crippen LogP contribution in [0.15, 0.2) is 12.3 Å². The Morgan fingerprint density at radius 3 is 2.84 bits per heavy atom. The molecule has 1 fully saturated rings. The Labute approximate surface area is 148 Å². The molecule has 134 valence electrons.